The minimum Gasteiger partial charge on any atom is -0.494 e. The number of rotatable bonds is 13. The lowest BCUT2D eigenvalue weighted by atomic mass is 9.89. The minimum absolute atomic E-state index is 0.107. The molecule has 0 bridgehead atoms. The summed E-state index contributed by atoms with van der Waals surface area (Å²) < 4.78 is 5.92. The molecule has 37 heavy (non-hydrogen) atoms. The molecule has 1 saturated heterocycles. The van der Waals surface area contributed by atoms with Gasteiger partial charge in [0.15, 0.2) is 0 Å². The Labute approximate surface area is 220 Å². The standard InChI is InChI=1S/C29H44N4O4/c34-20-19-32-15-13-31(14-16-32)17-18-33(23-24-6-2-1-3-7-24)29(36)8-4-5-21-37-26-10-11-27-25(22-26)9-12-28(35)30-27/h9-12,22,24,34H,1-8,13-21,23H2,(H,30,35). The number of hydrogen-bond acceptors (Lipinski definition) is 6. The van der Waals surface area contributed by atoms with Gasteiger partial charge in [0.2, 0.25) is 11.5 Å². The van der Waals surface area contributed by atoms with Crippen molar-refractivity contribution in [3.8, 4) is 5.75 Å². The van der Waals surface area contributed by atoms with Crippen LogP contribution in [-0.4, -0.2) is 96.3 Å². The molecule has 1 saturated carbocycles. The highest BCUT2D eigenvalue weighted by Gasteiger charge is 2.22. The predicted octanol–water partition coefficient (Wildman–Crippen LogP) is 3.10. The number of fused-ring (bicyclic) bond motifs is 1. The summed E-state index contributed by atoms with van der Waals surface area (Å²) in [6.45, 7) is 8.19. The molecule has 0 unspecified atom stereocenters. The van der Waals surface area contributed by atoms with Crippen LogP contribution in [0.4, 0.5) is 0 Å². The number of unbranched alkanes of at least 4 members (excludes halogenated alkanes) is 1. The molecule has 8 nitrogen and oxygen atoms in total. The summed E-state index contributed by atoms with van der Waals surface area (Å²) in [5, 5.41) is 10.1. The number of aliphatic hydroxyl groups is 1. The van der Waals surface area contributed by atoms with Gasteiger partial charge in [0.1, 0.15) is 5.75 Å². The van der Waals surface area contributed by atoms with Gasteiger partial charge in [-0.2, -0.15) is 0 Å². The fourth-order valence-corrected chi connectivity index (χ4v) is 5.59. The summed E-state index contributed by atoms with van der Waals surface area (Å²) in [6, 6.07) is 9.00. The molecule has 1 aliphatic carbocycles. The van der Waals surface area contributed by atoms with E-state index in [1.165, 1.54) is 38.2 Å². The fraction of sp³-hybridized carbons (Fsp3) is 0.655. The predicted molar refractivity (Wildman–Crippen MR) is 147 cm³/mol. The Balaban J connectivity index is 1.20. The normalized spacial score (nSPS) is 17.8. The average Bonchev–Trinajstić information content (AvgIpc) is 2.92. The first-order valence-corrected chi connectivity index (χ1v) is 14.2. The van der Waals surface area contributed by atoms with E-state index in [9.17, 15) is 9.59 Å². The smallest absolute Gasteiger partial charge is 0.248 e. The number of nitrogens with one attached hydrogen (secondary N) is 1. The number of pyridine rings is 1. The van der Waals surface area contributed by atoms with E-state index >= 15 is 0 Å². The second kappa shape index (κ2) is 14.5. The van der Waals surface area contributed by atoms with Gasteiger partial charge in [0.25, 0.3) is 0 Å². The molecule has 2 N–H and O–H groups in total. The highest BCUT2D eigenvalue weighted by atomic mass is 16.5. The van der Waals surface area contributed by atoms with E-state index in [1.54, 1.807) is 6.07 Å². The second-order valence-corrected chi connectivity index (χ2v) is 10.6. The molecular formula is C29H44N4O4. The van der Waals surface area contributed by atoms with Crippen molar-refractivity contribution in [2.45, 2.75) is 51.4 Å². The molecule has 2 aromatic rings. The van der Waals surface area contributed by atoms with Gasteiger partial charge in [0, 0.05) is 75.7 Å². The zero-order chi connectivity index (χ0) is 25.9. The maximum Gasteiger partial charge on any atom is 0.248 e. The van der Waals surface area contributed by atoms with Gasteiger partial charge in [-0.25, -0.2) is 0 Å². The van der Waals surface area contributed by atoms with Crippen LogP contribution in [0.15, 0.2) is 35.1 Å². The van der Waals surface area contributed by atoms with Crippen LogP contribution < -0.4 is 10.3 Å². The van der Waals surface area contributed by atoms with Crippen molar-refractivity contribution in [2.75, 3.05) is 65.6 Å². The molecule has 1 aromatic heterocycles. The molecule has 8 heteroatoms. The van der Waals surface area contributed by atoms with E-state index in [2.05, 4.69) is 19.7 Å². The summed E-state index contributed by atoms with van der Waals surface area (Å²) in [7, 11) is 0. The van der Waals surface area contributed by atoms with Crippen molar-refractivity contribution in [1.82, 2.24) is 19.7 Å². The first kappa shape index (κ1) is 27.6. The third-order valence-electron chi connectivity index (χ3n) is 7.87. The number of aliphatic hydroxyl groups excluding tert-OH is 1. The van der Waals surface area contributed by atoms with Crippen LogP contribution in [0.2, 0.25) is 0 Å². The molecule has 4 rings (SSSR count). The van der Waals surface area contributed by atoms with Crippen molar-refractivity contribution in [1.29, 1.82) is 0 Å². The summed E-state index contributed by atoms with van der Waals surface area (Å²) in [6.07, 6.45) is 8.63. The van der Waals surface area contributed by atoms with Crippen molar-refractivity contribution in [2.24, 2.45) is 5.92 Å². The molecule has 2 aliphatic rings. The third-order valence-corrected chi connectivity index (χ3v) is 7.87. The number of piperazine rings is 1. The largest absolute Gasteiger partial charge is 0.494 e. The quantitative estimate of drug-likeness (QED) is 0.401. The molecule has 1 aromatic carbocycles. The Morgan fingerprint density at radius 1 is 1.00 bits per heavy atom. The number of benzene rings is 1. The van der Waals surface area contributed by atoms with Crippen LogP contribution in [0, 0.1) is 5.92 Å². The Bertz CT molecular complexity index is 1030. The van der Waals surface area contributed by atoms with E-state index < -0.39 is 0 Å². The van der Waals surface area contributed by atoms with Crippen LogP contribution in [0.5, 0.6) is 5.75 Å². The lowest BCUT2D eigenvalue weighted by Crippen LogP contribution is -2.49. The number of carbonyl (C=O) groups is 1. The maximum atomic E-state index is 13.2. The van der Waals surface area contributed by atoms with E-state index in [-0.39, 0.29) is 18.1 Å². The lowest BCUT2D eigenvalue weighted by molar-refractivity contribution is -0.132. The summed E-state index contributed by atoms with van der Waals surface area (Å²) >= 11 is 0. The summed E-state index contributed by atoms with van der Waals surface area (Å²) in [4.78, 5) is 34.4. The van der Waals surface area contributed by atoms with Crippen LogP contribution in [-0.2, 0) is 4.79 Å². The first-order valence-electron chi connectivity index (χ1n) is 14.2. The molecule has 0 spiro atoms. The Morgan fingerprint density at radius 2 is 1.76 bits per heavy atom. The van der Waals surface area contributed by atoms with E-state index in [4.69, 9.17) is 9.84 Å². The van der Waals surface area contributed by atoms with Gasteiger partial charge in [0.05, 0.1) is 13.2 Å². The average molecular weight is 513 g/mol. The highest BCUT2D eigenvalue weighted by molar-refractivity contribution is 5.79. The molecule has 1 aliphatic heterocycles. The van der Waals surface area contributed by atoms with E-state index in [0.717, 1.165) is 81.9 Å². The van der Waals surface area contributed by atoms with Crippen LogP contribution >= 0.6 is 0 Å². The topological polar surface area (TPSA) is 89.1 Å². The molecule has 0 atom stereocenters. The van der Waals surface area contributed by atoms with Gasteiger partial charge < -0.3 is 19.7 Å². The number of aromatic nitrogens is 1. The number of carbonyl (C=O) groups excluding carboxylic acids is 1. The number of hydrogen-bond donors (Lipinski definition) is 2. The Morgan fingerprint density at radius 3 is 2.51 bits per heavy atom. The Hall–Kier alpha value is -2.42. The second-order valence-electron chi connectivity index (χ2n) is 10.6. The SMILES string of the molecule is O=C(CCCCOc1ccc2[nH]c(=O)ccc2c1)N(CCN1CCN(CCO)CC1)CC1CCCCC1. The molecule has 204 valence electrons. The molecule has 1 amide bonds. The van der Waals surface area contributed by atoms with Crippen LogP contribution in [0.3, 0.4) is 0 Å². The van der Waals surface area contributed by atoms with Crippen LogP contribution in [0.1, 0.15) is 51.4 Å². The summed E-state index contributed by atoms with van der Waals surface area (Å²) in [5.74, 6) is 1.70. The van der Waals surface area contributed by atoms with E-state index in [1.807, 2.05) is 18.2 Å². The zero-order valence-electron chi connectivity index (χ0n) is 22.2. The molecular weight excluding hydrogens is 468 g/mol. The lowest BCUT2D eigenvalue weighted by Gasteiger charge is -2.36. The van der Waals surface area contributed by atoms with Gasteiger partial charge in [-0.05, 0) is 55.9 Å². The van der Waals surface area contributed by atoms with Crippen molar-refractivity contribution in [3.05, 3.63) is 40.7 Å². The highest BCUT2D eigenvalue weighted by Crippen LogP contribution is 2.25. The van der Waals surface area contributed by atoms with Crippen LogP contribution in [0.25, 0.3) is 10.9 Å². The number of β-amino-alcohol motifs (C(OH)–C–C–N with tert-alkyl or cyclic N) is 1. The van der Waals surface area contributed by atoms with Crippen molar-refractivity contribution >= 4 is 16.8 Å². The van der Waals surface area contributed by atoms with Gasteiger partial charge in [-0.3, -0.25) is 19.4 Å². The first-order chi connectivity index (χ1) is 18.1. The van der Waals surface area contributed by atoms with Crippen molar-refractivity contribution in [3.63, 3.8) is 0 Å². The number of aromatic amines is 1. The minimum atomic E-state index is -0.107. The zero-order valence-corrected chi connectivity index (χ0v) is 22.2. The summed E-state index contributed by atoms with van der Waals surface area (Å²) in [5.41, 5.74) is 0.694. The maximum absolute atomic E-state index is 13.2. The number of amides is 1. The number of nitrogens with zero attached hydrogens (tertiary/aromatic N) is 3. The molecule has 0 radical (unpaired) electrons. The van der Waals surface area contributed by atoms with Gasteiger partial charge in [-0.1, -0.05) is 19.3 Å². The van der Waals surface area contributed by atoms with E-state index in [0.29, 0.717) is 18.9 Å². The fourth-order valence-electron chi connectivity index (χ4n) is 5.59. The third kappa shape index (κ3) is 8.83. The number of H-pyrrole nitrogens is 1. The van der Waals surface area contributed by atoms with Crippen molar-refractivity contribution < 1.29 is 14.6 Å². The Kier molecular flexibility index (Phi) is 10.8. The number of ether oxygens (including phenoxy) is 1. The molecule has 2 heterocycles. The van der Waals surface area contributed by atoms with Gasteiger partial charge >= 0.3 is 0 Å². The van der Waals surface area contributed by atoms with Gasteiger partial charge in [-0.15, -0.1) is 0 Å². The monoisotopic (exact) mass is 512 g/mol. The molecule has 2 fully saturated rings.